The molecule has 2 nitrogen and oxygen atoms in total. The first-order valence-electron chi connectivity index (χ1n) is 5.36. The van der Waals surface area contributed by atoms with Crippen molar-refractivity contribution in [2.24, 2.45) is 5.41 Å². The van der Waals surface area contributed by atoms with Gasteiger partial charge in [0.2, 0.25) is 0 Å². The first-order chi connectivity index (χ1) is 7.22. The summed E-state index contributed by atoms with van der Waals surface area (Å²) in [6.07, 6.45) is 2.18. The number of fused-ring (bicyclic) bond motifs is 1. The van der Waals surface area contributed by atoms with Gasteiger partial charge in [-0.05, 0) is 24.0 Å². The molecule has 0 N–H and O–H groups in total. The lowest BCUT2D eigenvalue weighted by atomic mass is 9.81. The van der Waals surface area contributed by atoms with Gasteiger partial charge in [-0.2, -0.15) is 0 Å². The third-order valence-corrected chi connectivity index (χ3v) is 3.75. The number of rotatable bonds is 0. The van der Waals surface area contributed by atoms with Crippen molar-refractivity contribution in [3.8, 4) is 0 Å². The summed E-state index contributed by atoms with van der Waals surface area (Å²) in [7, 11) is 0. The van der Waals surface area contributed by atoms with Gasteiger partial charge in [0.25, 0.3) is 0 Å². The molecule has 1 spiro atoms. The van der Waals surface area contributed by atoms with Gasteiger partial charge < -0.3 is 0 Å². The first kappa shape index (κ1) is 8.84. The Labute approximate surface area is 88.3 Å². The van der Waals surface area contributed by atoms with Crippen LogP contribution in [0.25, 0.3) is 0 Å². The summed E-state index contributed by atoms with van der Waals surface area (Å²) in [5, 5.41) is 0. The lowest BCUT2D eigenvalue weighted by Crippen LogP contribution is -2.33. The number of Topliss-reactive ketones (excluding diaryl/α,β-unsaturated/α-hetero) is 2. The monoisotopic (exact) mass is 200 g/mol. The van der Waals surface area contributed by atoms with E-state index in [1.54, 1.807) is 0 Å². The van der Waals surface area contributed by atoms with E-state index in [4.69, 9.17) is 0 Å². The molecule has 3 rings (SSSR count). The van der Waals surface area contributed by atoms with E-state index in [0.717, 1.165) is 0 Å². The van der Waals surface area contributed by atoms with Gasteiger partial charge in [0.1, 0.15) is 11.6 Å². The van der Waals surface area contributed by atoms with Crippen LogP contribution in [0.15, 0.2) is 24.3 Å². The predicted molar refractivity (Wildman–Crippen MR) is 55.5 cm³/mol. The first-order valence-corrected chi connectivity index (χ1v) is 5.36. The zero-order chi connectivity index (χ0) is 10.5. The molecule has 0 atom stereocenters. The van der Waals surface area contributed by atoms with E-state index in [9.17, 15) is 9.59 Å². The number of hydrogen-bond donors (Lipinski definition) is 0. The van der Waals surface area contributed by atoms with Gasteiger partial charge in [-0.3, -0.25) is 9.59 Å². The minimum Gasteiger partial charge on any atom is -0.299 e. The molecule has 76 valence electrons. The lowest BCUT2D eigenvalue weighted by Gasteiger charge is -2.17. The summed E-state index contributed by atoms with van der Waals surface area (Å²) in [5.41, 5.74) is 1.70. The Balaban J connectivity index is 2.07. The van der Waals surface area contributed by atoms with E-state index >= 15 is 0 Å². The van der Waals surface area contributed by atoms with E-state index in [1.165, 1.54) is 11.1 Å². The van der Waals surface area contributed by atoms with Gasteiger partial charge in [0.05, 0.1) is 5.41 Å². The highest BCUT2D eigenvalue weighted by Crippen LogP contribution is 2.43. The fourth-order valence-corrected chi connectivity index (χ4v) is 2.87. The highest BCUT2D eigenvalue weighted by atomic mass is 16.2. The fraction of sp³-hybridized carbons (Fsp3) is 0.385. The molecule has 15 heavy (non-hydrogen) atoms. The van der Waals surface area contributed by atoms with E-state index in [1.807, 2.05) is 24.3 Å². The fourth-order valence-electron chi connectivity index (χ4n) is 2.87. The molecule has 0 heterocycles. The molecule has 0 amide bonds. The third kappa shape index (κ3) is 1.05. The molecule has 1 aromatic carbocycles. The maximum Gasteiger partial charge on any atom is 0.147 e. The van der Waals surface area contributed by atoms with Gasteiger partial charge in [-0.1, -0.05) is 24.3 Å². The SMILES string of the molecule is O=C1CCC(=O)C12Cc1ccccc1C2. The maximum atomic E-state index is 11.9. The Hall–Kier alpha value is -1.44. The summed E-state index contributed by atoms with van der Waals surface area (Å²) in [6.45, 7) is 0. The largest absolute Gasteiger partial charge is 0.299 e. The average molecular weight is 200 g/mol. The Morgan fingerprint density at radius 3 is 1.80 bits per heavy atom. The summed E-state index contributed by atoms with van der Waals surface area (Å²) in [4.78, 5) is 23.7. The summed E-state index contributed by atoms with van der Waals surface area (Å²) >= 11 is 0. The Morgan fingerprint density at radius 1 is 0.867 bits per heavy atom. The summed E-state index contributed by atoms with van der Waals surface area (Å²) in [6, 6.07) is 8.01. The Bertz CT molecular complexity index is 416. The molecule has 0 aliphatic heterocycles. The maximum absolute atomic E-state index is 11.9. The molecule has 1 saturated carbocycles. The summed E-state index contributed by atoms with van der Waals surface area (Å²) in [5.74, 6) is 0.312. The smallest absolute Gasteiger partial charge is 0.147 e. The van der Waals surface area contributed by atoms with Crippen LogP contribution in [0, 0.1) is 5.41 Å². The minimum absolute atomic E-state index is 0.156. The highest BCUT2D eigenvalue weighted by molar-refractivity contribution is 6.13. The number of carbonyl (C=O) groups is 2. The van der Waals surface area contributed by atoms with Crippen molar-refractivity contribution in [2.75, 3.05) is 0 Å². The molecule has 1 fully saturated rings. The molecule has 2 aliphatic rings. The zero-order valence-electron chi connectivity index (χ0n) is 8.45. The predicted octanol–water partition coefficient (Wildman–Crippen LogP) is 1.70. The summed E-state index contributed by atoms with van der Waals surface area (Å²) < 4.78 is 0. The van der Waals surface area contributed by atoms with Crippen LogP contribution < -0.4 is 0 Å². The molecule has 0 radical (unpaired) electrons. The Kier molecular flexibility index (Phi) is 1.64. The lowest BCUT2D eigenvalue weighted by molar-refractivity contribution is -0.134. The normalized spacial score (nSPS) is 22.4. The van der Waals surface area contributed by atoms with Gasteiger partial charge in [-0.25, -0.2) is 0 Å². The van der Waals surface area contributed by atoms with Crippen molar-refractivity contribution >= 4 is 11.6 Å². The number of benzene rings is 1. The standard InChI is InChI=1S/C13H12O2/c14-11-5-6-12(15)13(11)7-9-3-1-2-4-10(9)8-13/h1-4H,5-8H2. The molecule has 0 aromatic heterocycles. The van der Waals surface area contributed by atoms with Crippen molar-refractivity contribution < 1.29 is 9.59 Å². The second-order valence-electron chi connectivity index (χ2n) is 4.55. The molecule has 0 unspecified atom stereocenters. The number of carbonyl (C=O) groups excluding carboxylic acids is 2. The topological polar surface area (TPSA) is 34.1 Å². The number of hydrogen-bond acceptors (Lipinski definition) is 2. The van der Waals surface area contributed by atoms with Crippen molar-refractivity contribution in [1.82, 2.24) is 0 Å². The molecular formula is C13H12O2. The van der Waals surface area contributed by atoms with Crippen LogP contribution in [-0.2, 0) is 22.4 Å². The van der Waals surface area contributed by atoms with Crippen molar-refractivity contribution in [1.29, 1.82) is 0 Å². The number of ketones is 2. The van der Waals surface area contributed by atoms with Crippen LogP contribution in [0.2, 0.25) is 0 Å². The molecular weight excluding hydrogens is 188 g/mol. The van der Waals surface area contributed by atoms with Gasteiger partial charge in [0.15, 0.2) is 0 Å². The highest BCUT2D eigenvalue weighted by Gasteiger charge is 2.52. The van der Waals surface area contributed by atoms with E-state index in [2.05, 4.69) is 0 Å². The van der Waals surface area contributed by atoms with Crippen LogP contribution in [0.1, 0.15) is 24.0 Å². The second kappa shape index (κ2) is 2.78. The molecule has 0 saturated heterocycles. The second-order valence-corrected chi connectivity index (χ2v) is 4.55. The van der Waals surface area contributed by atoms with Crippen LogP contribution in [0.5, 0.6) is 0 Å². The molecule has 2 heteroatoms. The van der Waals surface area contributed by atoms with Crippen LogP contribution in [0.3, 0.4) is 0 Å². The quantitative estimate of drug-likeness (QED) is 0.597. The van der Waals surface area contributed by atoms with Gasteiger partial charge >= 0.3 is 0 Å². The molecule has 2 aliphatic carbocycles. The van der Waals surface area contributed by atoms with Crippen molar-refractivity contribution in [3.63, 3.8) is 0 Å². The molecule has 1 aromatic rings. The zero-order valence-corrected chi connectivity index (χ0v) is 8.45. The van der Waals surface area contributed by atoms with Crippen molar-refractivity contribution in [2.45, 2.75) is 25.7 Å². The van der Waals surface area contributed by atoms with Gasteiger partial charge in [-0.15, -0.1) is 0 Å². The third-order valence-electron chi connectivity index (χ3n) is 3.75. The average Bonchev–Trinajstić information content (AvgIpc) is 2.75. The Morgan fingerprint density at radius 2 is 1.33 bits per heavy atom. The van der Waals surface area contributed by atoms with Crippen LogP contribution in [0.4, 0.5) is 0 Å². The minimum atomic E-state index is -0.663. The van der Waals surface area contributed by atoms with Crippen LogP contribution in [-0.4, -0.2) is 11.6 Å². The van der Waals surface area contributed by atoms with Crippen LogP contribution >= 0.6 is 0 Å². The molecule has 0 bridgehead atoms. The van der Waals surface area contributed by atoms with E-state index < -0.39 is 5.41 Å². The van der Waals surface area contributed by atoms with Gasteiger partial charge in [0, 0.05) is 12.8 Å². The van der Waals surface area contributed by atoms with E-state index in [0.29, 0.717) is 25.7 Å². The van der Waals surface area contributed by atoms with Crippen molar-refractivity contribution in [3.05, 3.63) is 35.4 Å². The van der Waals surface area contributed by atoms with E-state index in [-0.39, 0.29) is 11.6 Å².